The quantitative estimate of drug-likeness (QED) is 0.568. The first-order valence-corrected chi connectivity index (χ1v) is 8.21. The Labute approximate surface area is 144 Å². The third-order valence-electron chi connectivity index (χ3n) is 3.21. The first-order chi connectivity index (χ1) is 11.4. The summed E-state index contributed by atoms with van der Waals surface area (Å²) in [6.45, 7) is 3.68. The maximum atomic E-state index is 11.7. The van der Waals surface area contributed by atoms with E-state index in [1.807, 2.05) is 32.0 Å². The molecule has 1 aromatic carbocycles. The highest BCUT2D eigenvalue weighted by Crippen LogP contribution is 2.21. The smallest absolute Gasteiger partial charge is 0.316 e. The number of esters is 1. The van der Waals surface area contributed by atoms with Gasteiger partial charge in [-0.1, -0.05) is 23.9 Å². The third-order valence-corrected chi connectivity index (χ3v) is 4.10. The Balaban J connectivity index is 2.00. The van der Waals surface area contributed by atoms with Crippen LogP contribution < -0.4 is 0 Å². The number of rotatable bonds is 6. The molecular formula is C15H19N5O3S. The number of aromatic nitrogens is 4. The summed E-state index contributed by atoms with van der Waals surface area (Å²) in [6, 6.07) is 5.97. The molecule has 9 heteroatoms. The van der Waals surface area contributed by atoms with Gasteiger partial charge < -0.3 is 9.64 Å². The van der Waals surface area contributed by atoms with E-state index in [0.29, 0.717) is 5.16 Å². The molecular weight excluding hydrogens is 330 g/mol. The molecule has 0 radical (unpaired) electrons. The molecule has 2 rings (SSSR count). The standard InChI is InChI=1S/C15H19N5O3S/c1-10-5-6-11(2)12(7-10)20-15(16-17-18-20)24-9-14(22)23-8-13(21)19(3)4/h5-7H,8-9H2,1-4H3. The zero-order valence-corrected chi connectivity index (χ0v) is 14.8. The van der Waals surface area contributed by atoms with Crippen molar-refractivity contribution in [3.63, 3.8) is 0 Å². The highest BCUT2D eigenvalue weighted by atomic mass is 32.2. The zero-order valence-electron chi connectivity index (χ0n) is 14.0. The van der Waals surface area contributed by atoms with E-state index in [1.165, 1.54) is 4.90 Å². The fraction of sp³-hybridized carbons (Fsp3) is 0.400. The molecule has 0 spiro atoms. The summed E-state index contributed by atoms with van der Waals surface area (Å²) in [4.78, 5) is 24.5. The van der Waals surface area contributed by atoms with Gasteiger partial charge in [-0.3, -0.25) is 9.59 Å². The van der Waals surface area contributed by atoms with Crippen LogP contribution in [0.5, 0.6) is 0 Å². The Morgan fingerprint density at radius 1 is 1.29 bits per heavy atom. The Hall–Kier alpha value is -2.42. The van der Waals surface area contributed by atoms with Crippen molar-refractivity contribution in [3.8, 4) is 5.69 Å². The van der Waals surface area contributed by atoms with Crippen LogP contribution in [0.1, 0.15) is 11.1 Å². The summed E-state index contributed by atoms with van der Waals surface area (Å²) >= 11 is 1.16. The van der Waals surface area contributed by atoms with E-state index in [2.05, 4.69) is 15.5 Å². The van der Waals surface area contributed by atoms with E-state index in [4.69, 9.17) is 4.74 Å². The Bertz CT molecular complexity index is 744. The number of ether oxygens (including phenoxy) is 1. The number of thioether (sulfide) groups is 1. The number of carbonyl (C=O) groups excluding carboxylic acids is 2. The van der Waals surface area contributed by atoms with Gasteiger partial charge in [0.15, 0.2) is 6.61 Å². The number of hydrogen-bond acceptors (Lipinski definition) is 7. The summed E-state index contributed by atoms with van der Waals surface area (Å²) in [7, 11) is 3.20. The molecule has 0 unspecified atom stereocenters. The van der Waals surface area contributed by atoms with E-state index >= 15 is 0 Å². The van der Waals surface area contributed by atoms with Gasteiger partial charge in [0.05, 0.1) is 11.4 Å². The van der Waals surface area contributed by atoms with Crippen molar-refractivity contribution in [1.29, 1.82) is 0 Å². The summed E-state index contributed by atoms with van der Waals surface area (Å²) in [5, 5.41) is 12.1. The molecule has 0 atom stereocenters. The van der Waals surface area contributed by atoms with Crippen LogP contribution in [0, 0.1) is 13.8 Å². The second kappa shape index (κ2) is 7.91. The molecule has 0 fully saturated rings. The highest BCUT2D eigenvalue weighted by Gasteiger charge is 2.15. The van der Waals surface area contributed by atoms with Crippen molar-refractivity contribution in [2.75, 3.05) is 26.5 Å². The molecule has 0 saturated carbocycles. The lowest BCUT2D eigenvalue weighted by atomic mass is 10.1. The van der Waals surface area contributed by atoms with Crippen LogP contribution in [-0.4, -0.2) is 63.4 Å². The fourth-order valence-corrected chi connectivity index (χ4v) is 2.49. The molecule has 1 aromatic heterocycles. The van der Waals surface area contributed by atoms with E-state index < -0.39 is 5.97 Å². The number of aryl methyl sites for hydroxylation is 2. The van der Waals surface area contributed by atoms with Gasteiger partial charge in [-0.25, -0.2) is 0 Å². The first-order valence-electron chi connectivity index (χ1n) is 7.23. The number of likely N-dealkylation sites (N-methyl/N-ethyl adjacent to an activating group) is 1. The van der Waals surface area contributed by atoms with Crippen molar-refractivity contribution >= 4 is 23.6 Å². The molecule has 128 valence electrons. The monoisotopic (exact) mass is 349 g/mol. The second-order valence-electron chi connectivity index (χ2n) is 5.40. The molecule has 1 amide bonds. The van der Waals surface area contributed by atoms with Crippen molar-refractivity contribution in [3.05, 3.63) is 29.3 Å². The van der Waals surface area contributed by atoms with E-state index in [0.717, 1.165) is 28.6 Å². The summed E-state index contributed by atoms with van der Waals surface area (Å²) in [5.74, 6) is -0.745. The van der Waals surface area contributed by atoms with E-state index in [-0.39, 0.29) is 18.3 Å². The lowest BCUT2D eigenvalue weighted by Crippen LogP contribution is -2.28. The topological polar surface area (TPSA) is 90.2 Å². The summed E-state index contributed by atoms with van der Waals surface area (Å²) in [6.07, 6.45) is 0. The average Bonchev–Trinajstić information content (AvgIpc) is 3.01. The molecule has 1 heterocycles. The molecule has 0 saturated heterocycles. The predicted octanol–water partition coefficient (Wildman–Crippen LogP) is 1.00. The molecule has 0 bridgehead atoms. The molecule has 24 heavy (non-hydrogen) atoms. The van der Waals surface area contributed by atoms with Crippen LogP contribution in [-0.2, 0) is 14.3 Å². The predicted molar refractivity (Wildman–Crippen MR) is 89.0 cm³/mol. The summed E-state index contributed by atoms with van der Waals surface area (Å²) < 4.78 is 6.51. The Kier molecular flexibility index (Phi) is 5.91. The van der Waals surface area contributed by atoms with Gasteiger partial charge in [-0.15, -0.1) is 5.10 Å². The molecule has 0 N–H and O–H groups in total. The van der Waals surface area contributed by atoms with Crippen molar-refractivity contribution in [2.24, 2.45) is 0 Å². The molecule has 8 nitrogen and oxygen atoms in total. The number of carbonyl (C=O) groups is 2. The van der Waals surface area contributed by atoms with Gasteiger partial charge in [0.25, 0.3) is 5.91 Å². The SMILES string of the molecule is Cc1ccc(C)c(-n2nnnc2SCC(=O)OCC(=O)N(C)C)c1. The maximum Gasteiger partial charge on any atom is 0.316 e. The van der Waals surface area contributed by atoms with Crippen molar-refractivity contribution in [2.45, 2.75) is 19.0 Å². The van der Waals surface area contributed by atoms with Gasteiger partial charge >= 0.3 is 5.97 Å². The van der Waals surface area contributed by atoms with Crippen LogP contribution in [0.4, 0.5) is 0 Å². The van der Waals surface area contributed by atoms with E-state index in [1.54, 1.807) is 18.8 Å². The van der Waals surface area contributed by atoms with Crippen LogP contribution >= 0.6 is 11.8 Å². The van der Waals surface area contributed by atoms with Crippen molar-refractivity contribution < 1.29 is 14.3 Å². The number of hydrogen-bond donors (Lipinski definition) is 0. The minimum atomic E-state index is -0.495. The minimum absolute atomic E-state index is 0.0198. The van der Waals surface area contributed by atoms with Crippen LogP contribution in [0.3, 0.4) is 0 Å². The Morgan fingerprint density at radius 2 is 2.04 bits per heavy atom. The average molecular weight is 349 g/mol. The lowest BCUT2D eigenvalue weighted by Gasteiger charge is -2.10. The number of amides is 1. The second-order valence-corrected chi connectivity index (χ2v) is 6.34. The Morgan fingerprint density at radius 3 is 2.75 bits per heavy atom. The number of benzene rings is 1. The van der Waals surface area contributed by atoms with Gasteiger partial charge in [0.1, 0.15) is 0 Å². The molecule has 0 aliphatic heterocycles. The van der Waals surface area contributed by atoms with Gasteiger partial charge in [0, 0.05) is 14.1 Å². The first kappa shape index (κ1) is 17.9. The van der Waals surface area contributed by atoms with Gasteiger partial charge in [0.2, 0.25) is 5.16 Å². The zero-order chi connectivity index (χ0) is 17.7. The lowest BCUT2D eigenvalue weighted by molar-refractivity contribution is -0.148. The molecule has 0 aliphatic rings. The van der Waals surface area contributed by atoms with Gasteiger partial charge in [-0.05, 0) is 41.5 Å². The number of tetrazole rings is 1. The minimum Gasteiger partial charge on any atom is -0.455 e. The van der Waals surface area contributed by atoms with Crippen LogP contribution in [0.2, 0.25) is 0 Å². The van der Waals surface area contributed by atoms with Crippen LogP contribution in [0.25, 0.3) is 5.69 Å². The third kappa shape index (κ3) is 4.54. The largest absolute Gasteiger partial charge is 0.455 e. The van der Waals surface area contributed by atoms with Gasteiger partial charge in [-0.2, -0.15) is 4.68 Å². The molecule has 2 aromatic rings. The fourth-order valence-electron chi connectivity index (χ4n) is 1.80. The maximum absolute atomic E-state index is 11.7. The van der Waals surface area contributed by atoms with Crippen LogP contribution in [0.15, 0.2) is 23.4 Å². The number of nitrogens with zero attached hydrogens (tertiary/aromatic N) is 5. The van der Waals surface area contributed by atoms with Crippen molar-refractivity contribution in [1.82, 2.24) is 25.1 Å². The summed E-state index contributed by atoms with van der Waals surface area (Å²) in [5.41, 5.74) is 2.97. The highest BCUT2D eigenvalue weighted by molar-refractivity contribution is 7.99. The molecule has 0 aliphatic carbocycles. The normalized spacial score (nSPS) is 10.5. The van der Waals surface area contributed by atoms with E-state index in [9.17, 15) is 9.59 Å².